The molecular weight excluding hydrogens is 236 g/mol. The monoisotopic (exact) mass is 262 g/mol. The van der Waals surface area contributed by atoms with Gasteiger partial charge in [0.2, 0.25) is 0 Å². The summed E-state index contributed by atoms with van der Waals surface area (Å²) in [5, 5.41) is 3.62. The summed E-state index contributed by atoms with van der Waals surface area (Å²) in [5.74, 6) is 0. The van der Waals surface area contributed by atoms with Gasteiger partial charge in [-0.05, 0) is 63.9 Å². The minimum Gasteiger partial charge on any atom is -0.472 e. The summed E-state index contributed by atoms with van der Waals surface area (Å²) in [4.78, 5) is 2.78. The first kappa shape index (κ1) is 13.2. The maximum atomic E-state index is 5.24. The lowest BCUT2D eigenvalue weighted by Gasteiger charge is -2.45. The molecule has 1 saturated carbocycles. The highest BCUT2D eigenvalue weighted by molar-refractivity contribution is 5.13. The van der Waals surface area contributed by atoms with Crippen LogP contribution in [0.1, 0.15) is 44.1 Å². The van der Waals surface area contributed by atoms with Crippen LogP contribution in [0.3, 0.4) is 0 Å². The number of likely N-dealkylation sites (tertiary alicyclic amines) is 1. The molecule has 1 N–H and O–H groups in total. The third kappa shape index (κ3) is 2.46. The summed E-state index contributed by atoms with van der Waals surface area (Å²) in [6, 6.07) is 2.66. The summed E-state index contributed by atoms with van der Waals surface area (Å²) >= 11 is 0. The molecule has 1 aromatic rings. The molecule has 0 amide bonds. The fourth-order valence-electron chi connectivity index (χ4n) is 4.24. The maximum Gasteiger partial charge on any atom is 0.0935 e. The zero-order valence-electron chi connectivity index (χ0n) is 12.0. The minimum absolute atomic E-state index is 0.391. The van der Waals surface area contributed by atoms with Crippen LogP contribution in [0.2, 0.25) is 0 Å². The second-order valence-electron chi connectivity index (χ2n) is 6.18. The lowest BCUT2D eigenvalue weighted by Crippen LogP contribution is -2.59. The van der Waals surface area contributed by atoms with E-state index >= 15 is 0 Å². The molecule has 0 radical (unpaired) electrons. The Labute approximate surface area is 116 Å². The largest absolute Gasteiger partial charge is 0.472 e. The third-order valence-electron chi connectivity index (χ3n) is 5.22. The molecular formula is C16H26N2O. The van der Waals surface area contributed by atoms with Gasteiger partial charge in [-0.2, -0.15) is 0 Å². The van der Waals surface area contributed by atoms with Gasteiger partial charge in [0.05, 0.1) is 12.5 Å². The molecule has 3 heteroatoms. The minimum atomic E-state index is 0.391. The van der Waals surface area contributed by atoms with Gasteiger partial charge in [0, 0.05) is 11.6 Å². The smallest absolute Gasteiger partial charge is 0.0935 e. The van der Waals surface area contributed by atoms with Crippen molar-refractivity contribution in [1.29, 1.82) is 0 Å². The number of nitrogens with one attached hydrogen (secondary N) is 1. The van der Waals surface area contributed by atoms with Gasteiger partial charge in [-0.15, -0.1) is 0 Å². The van der Waals surface area contributed by atoms with Crippen LogP contribution in [0.25, 0.3) is 0 Å². The first-order valence-electron chi connectivity index (χ1n) is 7.78. The van der Waals surface area contributed by atoms with Crippen LogP contribution < -0.4 is 5.32 Å². The van der Waals surface area contributed by atoms with Gasteiger partial charge in [0.25, 0.3) is 0 Å². The maximum absolute atomic E-state index is 5.24. The normalized spacial score (nSPS) is 24.9. The second kappa shape index (κ2) is 5.68. The Morgan fingerprint density at radius 1 is 1.26 bits per heavy atom. The molecule has 1 aliphatic carbocycles. The van der Waals surface area contributed by atoms with Gasteiger partial charge in [-0.3, -0.25) is 4.90 Å². The van der Waals surface area contributed by atoms with Gasteiger partial charge in [-0.1, -0.05) is 12.8 Å². The van der Waals surface area contributed by atoms with E-state index in [-0.39, 0.29) is 0 Å². The summed E-state index contributed by atoms with van der Waals surface area (Å²) in [6.07, 6.45) is 13.0. The fourth-order valence-corrected chi connectivity index (χ4v) is 4.24. The molecule has 0 bridgehead atoms. The zero-order valence-corrected chi connectivity index (χ0v) is 12.0. The first-order chi connectivity index (χ1) is 9.35. The van der Waals surface area contributed by atoms with Crippen molar-refractivity contribution in [2.24, 2.45) is 0 Å². The SMILES string of the molecule is CNC(Cc1ccoc1)C1(N2CCCC2)CCCC1. The molecule has 106 valence electrons. The first-order valence-corrected chi connectivity index (χ1v) is 7.78. The Morgan fingerprint density at radius 3 is 2.58 bits per heavy atom. The van der Waals surface area contributed by atoms with Crippen molar-refractivity contribution in [3.63, 3.8) is 0 Å². The van der Waals surface area contributed by atoms with Gasteiger partial charge < -0.3 is 9.73 Å². The van der Waals surface area contributed by atoms with E-state index in [1.54, 1.807) is 6.26 Å². The number of hydrogen-bond acceptors (Lipinski definition) is 3. The zero-order chi connectivity index (χ0) is 13.1. The van der Waals surface area contributed by atoms with E-state index < -0.39 is 0 Å². The highest BCUT2D eigenvalue weighted by atomic mass is 16.3. The van der Waals surface area contributed by atoms with Crippen molar-refractivity contribution in [3.8, 4) is 0 Å². The molecule has 2 heterocycles. The topological polar surface area (TPSA) is 28.4 Å². The van der Waals surface area contributed by atoms with Crippen LogP contribution >= 0.6 is 0 Å². The molecule has 0 aromatic carbocycles. The van der Waals surface area contributed by atoms with Crippen molar-refractivity contribution in [2.45, 2.75) is 56.5 Å². The molecule has 3 nitrogen and oxygen atoms in total. The van der Waals surface area contributed by atoms with E-state index in [0.29, 0.717) is 11.6 Å². The predicted molar refractivity (Wildman–Crippen MR) is 77.3 cm³/mol. The molecule has 1 atom stereocenters. The van der Waals surface area contributed by atoms with E-state index in [1.165, 1.54) is 57.2 Å². The van der Waals surface area contributed by atoms with Crippen LogP contribution in [0.5, 0.6) is 0 Å². The summed E-state index contributed by atoms with van der Waals surface area (Å²) in [6.45, 7) is 2.59. The number of nitrogens with zero attached hydrogens (tertiary/aromatic N) is 1. The van der Waals surface area contributed by atoms with E-state index in [1.807, 2.05) is 6.26 Å². The van der Waals surface area contributed by atoms with Gasteiger partial charge in [0.1, 0.15) is 0 Å². The van der Waals surface area contributed by atoms with Crippen LogP contribution in [0.4, 0.5) is 0 Å². The van der Waals surface area contributed by atoms with Crippen molar-refractivity contribution < 1.29 is 4.42 Å². The number of rotatable bonds is 5. The fraction of sp³-hybridized carbons (Fsp3) is 0.750. The summed E-state index contributed by atoms with van der Waals surface area (Å²) < 4.78 is 5.24. The molecule has 1 saturated heterocycles. The Balaban J connectivity index is 1.80. The lowest BCUT2D eigenvalue weighted by atomic mass is 9.83. The highest BCUT2D eigenvalue weighted by Gasteiger charge is 2.45. The molecule has 19 heavy (non-hydrogen) atoms. The molecule has 1 aromatic heterocycles. The Hall–Kier alpha value is -0.800. The molecule has 0 spiro atoms. The molecule has 2 fully saturated rings. The van der Waals surface area contributed by atoms with Crippen molar-refractivity contribution in [3.05, 3.63) is 24.2 Å². The van der Waals surface area contributed by atoms with Crippen LogP contribution in [0, 0.1) is 0 Å². The van der Waals surface area contributed by atoms with Crippen molar-refractivity contribution in [2.75, 3.05) is 20.1 Å². The van der Waals surface area contributed by atoms with Crippen molar-refractivity contribution in [1.82, 2.24) is 10.2 Å². The molecule has 3 rings (SSSR count). The lowest BCUT2D eigenvalue weighted by molar-refractivity contribution is 0.0797. The Kier molecular flexibility index (Phi) is 3.94. The Bertz CT molecular complexity index is 375. The standard InChI is InChI=1S/C16H26N2O/c1-17-15(12-14-6-11-19-13-14)16(7-2-3-8-16)18-9-4-5-10-18/h6,11,13,15,17H,2-5,7-10,12H2,1H3. The van der Waals surface area contributed by atoms with Crippen molar-refractivity contribution >= 4 is 0 Å². The number of furan rings is 1. The average molecular weight is 262 g/mol. The number of likely N-dealkylation sites (N-methyl/N-ethyl adjacent to an activating group) is 1. The van der Waals surface area contributed by atoms with Gasteiger partial charge in [0.15, 0.2) is 0 Å². The van der Waals surface area contributed by atoms with Gasteiger partial charge >= 0.3 is 0 Å². The average Bonchev–Trinajstić information content (AvgIpc) is 3.15. The molecule has 1 aliphatic heterocycles. The van der Waals surface area contributed by atoms with Gasteiger partial charge in [-0.25, -0.2) is 0 Å². The Morgan fingerprint density at radius 2 is 2.00 bits per heavy atom. The summed E-state index contributed by atoms with van der Waals surface area (Å²) in [5.41, 5.74) is 1.72. The third-order valence-corrected chi connectivity index (χ3v) is 5.22. The quantitative estimate of drug-likeness (QED) is 0.884. The summed E-state index contributed by atoms with van der Waals surface area (Å²) in [7, 11) is 2.13. The number of hydrogen-bond donors (Lipinski definition) is 1. The molecule has 1 unspecified atom stereocenters. The highest BCUT2D eigenvalue weighted by Crippen LogP contribution is 2.40. The second-order valence-corrected chi connectivity index (χ2v) is 6.18. The molecule has 2 aliphatic rings. The van der Waals surface area contributed by atoms with E-state index in [4.69, 9.17) is 4.42 Å². The van der Waals surface area contributed by atoms with E-state index in [9.17, 15) is 0 Å². The van der Waals surface area contributed by atoms with Crippen LogP contribution in [-0.4, -0.2) is 36.6 Å². The van der Waals surface area contributed by atoms with E-state index in [2.05, 4.69) is 23.3 Å². The van der Waals surface area contributed by atoms with Crippen LogP contribution in [0.15, 0.2) is 23.0 Å². The van der Waals surface area contributed by atoms with Crippen LogP contribution in [-0.2, 0) is 6.42 Å². The predicted octanol–water partition coefficient (Wildman–Crippen LogP) is 2.82. The van der Waals surface area contributed by atoms with E-state index in [0.717, 1.165) is 6.42 Å².